The Morgan fingerprint density at radius 1 is 0.583 bits per heavy atom. The van der Waals surface area contributed by atoms with E-state index in [2.05, 4.69) is 64.1 Å². The number of rotatable bonds is 12. The molecular formula is C31H40O5. The summed E-state index contributed by atoms with van der Waals surface area (Å²) in [7, 11) is 0. The van der Waals surface area contributed by atoms with Gasteiger partial charge >= 0.3 is 0 Å². The van der Waals surface area contributed by atoms with Crippen LogP contribution < -0.4 is 9.47 Å². The van der Waals surface area contributed by atoms with Gasteiger partial charge in [-0.2, -0.15) is 0 Å². The van der Waals surface area contributed by atoms with Crippen molar-refractivity contribution in [1.29, 1.82) is 0 Å². The number of hydrogen-bond acceptors (Lipinski definition) is 5. The van der Waals surface area contributed by atoms with Gasteiger partial charge in [-0.3, -0.25) is 0 Å². The molecule has 2 atom stereocenters. The fourth-order valence-electron chi connectivity index (χ4n) is 4.11. The molecule has 0 bridgehead atoms. The summed E-state index contributed by atoms with van der Waals surface area (Å²) in [5.41, 5.74) is 4.45. The number of hydrogen-bond donors (Lipinski definition) is 3. The van der Waals surface area contributed by atoms with Crippen LogP contribution in [0.15, 0.2) is 72.8 Å². The van der Waals surface area contributed by atoms with Crippen LogP contribution in [-0.2, 0) is 10.8 Å². The van der Waals surface area contributed by atoms with E-state index < -0.39 is 6.10 Å². The predicted octanol–water partition coefficient (Wildman–Crippen LogP) is 5.08. The number of benzene rings is 3. The van der Waals surface area contributed by atoms with E-state index >= 15 is 0 Å². The van der Waals surface area contributed by atoms with Crippen LogP contribution in [0.5, 0.6) is 11.5 Å². The third-order valence-corrected chi connectivity index (χ3v) is 6.98. The van der Waals surface area contributed by atoms with Crippen LogP contribution in [-0.4, -0.2) is 47.9 Å². The largest absolute Gasteiger partial charge is 0.493 e. The molecular weight excluding hydrogens is 452 g/mol. The normalized spacial score (nSPS) is 13.8. The fraction of sp³-hybridized carbons (Fsp3) is 0.419. The van der Waals surface area contributed by atoms with Gasteiger partial charge in [-0.05, 0) is 46.5 Å². The van der Waals surface area contributed by atoms with Gasteiger partial charge < -0.3 is 24.8 Å². The Balaban J connectivity index is 1.71. The molecule has 194 valence electrons. The summed E-state index contributed by atoms with van der Waals surface area (Å²) in [5.74, 6) is 1.59. The first kappa shape index (κ1) is 27.7. The van der Waals surface area contributed by atoms with E-state index in [4.69, 9.17) is 14.6 Å². The third-order valence-electron chi connectivity index (χ3n) is 6.98. The lowest BCUT2D eigenvalue weighted by atomic mass is 9.74. The highest BCUT2D eigenvalue weighted by molar-refractivity contribution is 5.45. The van der Waals surface area contributed by atoms with Crippen molar-refractivity contribution in [3.63, 3.8) is 0 Å². The van der Waals surface area contributed by atoms with Crippen LogP contribution in [0.25, 0.3) is 0 Å². The fourth-order valence-corrected chi connectivity index (χ4v) is 4.11. The first-order valence-corrected chi connectivity index (χ1v) is 12.6. The van der Waals surface area contributed by atoms with Crippen molar-refractivity contribution < 1.29 is 24.8 Å². The Bertz CT molecular complexity index is 981. The molecule has 0 radical (unpaired) electrons. The summed E-state index contributed by atoms with van der Waals surface area (Å²) in [6.07, 6.45) is -0.879. The second kappa shape index (κ2) is 11.9. The average Bonchev–Trinajstić information content (AvgIpc) is 2.90. The quantitative estimate of drug-likeness (QED) is 0.329. The molecule has 5 nitrogen and oxygen atoms in total. The van der Waals surface area contributed by atoms with Crippen LogP contribution in [0.2, 0.25) is 0 Å². The molecule has 3 aromatic rings. The molecule has 0 aliphatic carbocycles. The Morgan fingerprint density at radius 2 is 0.917 bits per heavy atom. The topological polar surface area (TPSA) is 79.2 Å². The van der Waals surface area contributed by atoms with Crippen molar-refractivity contribution in [2.75, 3.05) is 26.4 Å². The molecule has 2 unspecified atom stereocenters. The smallest absolute Gasteiger partial charge is 0.119 e. The van der Waals surface area contributed by atoms with E-state index in [-0.39, 0.29) is 36.6 Å². The molecule has 0 heterocycles. The third kappa shape index (κ3) is 6.67. The average molecular weight is 493 g/mol. The maximum Gasteiger partial charge on any atom is 0.119 e. The predicted molar refractivity (Wildman–Crippen MR) is 144 cm³/mol. The van der Waals surface area contributed by atoms with Crippen molar-refractivity contribution in [1.82, 2.24) is 0 Å². The first-order valence-electron chi connectivity index (χ1n) is 12.6. The molecule has 0 saturated heterocycles. The van der Waals surface area contributed by atoms with Crippen LogP contribution in [0.4, 0.5) is 0 Å². The molecule has 3 N–H and O–H groups in total. The highest BCUT2D eigenvalue weighted by Gasteiger charge is 2.26. The summed E-state index contributed by atoms with van der Waals surface area (Å²) in [6, 6.07) is 24.9. The lowest BCUT2D eigenvalue weighted by Crippen LogP contribution is -2.22. The van der Waals surface area contributed by atoms with E-state index in [9.17, 15) is 10.2 Å². The van der Waals surface area contributed by atoms with E-state index in [1.807, 2.05) is 43.3 Å². The van der Waals surface area contributed by atoms with Crippen LogP contribution in [0.3, 0.4) is 0 Å². The highest BCUT2D eigenvalue weighted by Crippen LogP contribution is 2.36. The van der Waals surface area contributed by atoms with Gasteiger partial charge in [-0.15, -0.1) is 0 Å². The molecule has 36 heavy (non-hydrogen) atoms. The van der Waals surface area contributed by atoms with Crippen molar-refractivity contribution in [3.8, 4) is 11.5 Å². The Morgan fingerprint density at radius 3 is 1.25 bits per heavy atom. The zero-order chi connectivity index (χ0) is 26.3. The maximum absolute atomic E-state index is 9.48. The summed E-state index contributed by atoms with van der Waals surface area (Å²) in [5, 5.41) is 27.6. The molecule has 0 amide bonds. The zero-order valence-corrected chi connectivity index (χ0v) is 22.1. The molecule has 5 heteroatoms. The second-order valence-electron chi connectivity index (χ2n) is 10.6. The zero-order valence-electron chi connectivity index (χ0n) is 22.1. The van der Waals surface area contributed by atoms with Crippen LogP contribution >= 0.6 is 0 Å². The van der Waals surface area contributed by atoms with Crippen molar-refractivity contribution in [2.24, 2.45) is 5.92 Å². The molecule has 3 aromatic carbocycles. The van der Waals surface area contributed by atoms with Gasteiger partial charge in [0.2, 0.25) is 0 Å². The molecule has 0 aliphatic heterocycles. The van der Waals surface area contributed by atoms with Crippen molar-refractivity contribution in [2.45, 2.75) is 51.6 Å². The number of ether oxygens (including phenoxy) is 2. The summed E-state index contributed by atoms with van der Waals surface area (Å²) in [6.45, 7) is 11.2. The summed E-state index contributed by atoms with van der Waals surface area (Å²) in [4.78, 5) is 0. The van der Waals surface area contributed by atoms with Gasteiger partial charge in [-0.1, -0.05) is 83.1 Å². The monoisotopic (exact) mass is 492 g/mol. The van der Waals surface area contributed by atoms with Gasteiger partial charge in [0.1, 0.15) is 24.2 Å². The van der Waals surface area contributed by atoms with E-state index in [0.717, 1.165) is 11.3 Å². The summed E-state index contributed by atoms with van der Waals surface area (Å²) >= 11 is 0. The first-order chi connectivity index (χ1) is 17.1. The highest BCUT2D eigenvalue weighted by atomic mass is 16.5. The minimum absolute atomic E-state index is 0.0646. The standard InChI is InChI=1S/C31H40O5/c1-22(18-32)20-35-28-14-10-25(11-15-28)30(2,3)23-6-8-24(9-7-23)31(4,5)26-12-16-29(17-13-26)36-21-27(34)19-33/h6-17,22,27,32-34H,18-21H2,1-5H3. The molecule has 0 aliphatic rings. The maximum atomic E-state index is 9.48. The van der Waals surface area contributed by atoms with Crippen LogP contribution in [0, 0.1) is 5.92 Å². The van der Waals surface area contributed by atoms with E-state index in [1.54, 1.807) is 0 Å². The molecule has 0 saturated carbocycles. The number of aliphatic hydroxyl groups excluding tert-OH is 3. The second-order valence-corrected chi connectivity index (χ2v) is 10.6. The Hall–Kier alpha value is -2.86. The molecule has 0 aromatic heterocycles. The van der Waals surface area contributed by atoms with E-state index in [0.29, 0.717) is 12.4 Å². The molecule has 0 spiro atoms. The Kier molecular flexibility index (Phi) is 9.18. The number of aliphatic hydroxyl groups is 3. The Labute approximate surface area is 215 Å². The minimum atomic E-state index is -0.879. The van der Waals surface area contributed by atoms with Crippen molar-refractivity contribution in [3.05, 3.63) is 95.1 Å². The van der Waals surface area contributed by atoms with Gasteiger partial charge in [0, 0.05) is 23.4 Å². The van der Waals surface area contributed by atoms with Crippen molar-refractivity contribution >= 4 is 0 Å². The van der Waals surface area contributed by atoms with Gasteiger partial charge in [0.15, 0.2) is 0 Å². The molecule has 3 rings (SSSR count). The lowest BCUT2D eigenvalue weighted by Gasteiger charge is -2.29. The SMILES string of the molecule is CC(CO)COc1ccc(C(C)(C)c2ccc(C(C)(C)c3ccc(OCC(O)CO)cc3)cc2)cc1. The van der Waals surface area contributed by atoms with Gasteiger partial charge in [-0.25, -0.2) is 0 Å². The van der Waals surface area contributed by atoms with E-state index in [1.165, 1.54) is 16.7 Å². The van der Waals surface area contributed by atoms with Gasteiger partial charge in [0.05, 0.1) is 13.2 Å². The van der Waals surface area contributed by atoms with Gasteiger partial charge in [0.25, 0.3) is 0 Å². The van der Waals surface area contributed by atoms with Crippen LogP contribution in [0.1, 0.15) is 56.9 Å². The molecule has 0 fully saturated rings. The summed E-state index contributed by atoms with van der Waals surface area (Å²) < 4.78 is 11.3. The minimum Gasteiger partial charge on any atom is -0.493 e. The lowest BCUT2D eigenvalue weighted by molar-refractivity contribution is 0.0536.